The zero-order valence-electron chi connectivity index (χ0n) is 11.5. The first-order valence-corrected chi connectivity index (χ1v) is 5.86. The normalized spacial score (nSPS) is 9.00. The van der Waals surface area contributed by atoms with Crippen molar-refractivity contribution in [1.82, 2.24) is 0 Å². The largest absolute Gasteiger partial charge is 0.497 e. The van der Waals surface area contributed by atoms with Crippen LogP contribution < -0.4 is 10.1 Å². The van der Waals surface area contributed by atoms with E-state index in [2.05, 4.69) is 11.4 Å². The van der Waals surface area contributed by atoms with Gasteiger partial charge in [-0.1, -0.05) is 6.92 Å². The Morgan fingerprint density at radius 2 is 2.00 bits per heavy atom. The number of ether oxygens (including phenoxy) is 1. The molecule has 1 aromatic carbocycles. The molecular weight excluding hydrogens is 214 g/mol. The molecule has 96 valence electrons. The Balaban J connectivity index is 0.000000366. The fraction of sp³-hybridized carbons (Fsp3) is 0.500. The molecule has 0 bridgehead atoms. The lowest BCUT2D eigenvalue weighted by Gasteiger charge is -2.05. The summed E-state index contributed by atoms with van der Waals surface area (Å²) in [6.45, 7) is 5.66. The molecule has 0 aliphatic heterocycles. The summed E-state index contributed by atoms with van der Waals surface area (Å²) in [4.78, 5) is 10.0. The summed E-state index contributed by atoms with van der Waals surface area (Å²) >= 11 is 0. The molecule has 0 atom stereocenters. The van der Waals surface area contributed by atoms with Crippen molar-refractivity contribution in [2.75, 3.05) is 19.5 Å². The van der Waals surface area contributed by atoms with Crippen molar-refractivity contribution < 1.29 is 9.53 Å². The van der Waals surface area contributed by atoms with Crippen LogP contribution in [0, 0.1) is 6.92 Å². The Hall–Kier alpha value is -1.51. The molecule has 0 radical (unpaired) electrons. The number of Topliss-reactive ketones (excluding diaryl/α,β-unsaturated/α-hetero) is 1. The van der Waals surface area contributed by atoms with Gasteiger partial charge in [0.05, 0.1) is 7.11 Å². The summed E-state index contributed by atoms with van der Waals surface area (Å²) in [7, 11) is 3.57. The number of hydrogen-bond acceptors (Lipinski definition) is 3. The van der Waals surface area contributed by atoms with Crippen molar-refractivity contribution in [3.63, 3.8) is 0 Å². The molecule has 0 aliphatic rings. The third-order valence-corrected chi connectivity index (χ3v) is 2.18. The first kappa shape index (κ1) is 15.5. The second kappa shape index (κ2) is 8.62. The van der Waals surface area contributed by atoms with E-state index in [1.807, 2.05) is 33.0 Å². The maximum atomic E-state index is 10.0. The number of rotatable bonds is 4. The number of hydrogen-bond donors (Lipinski definition) is 1. The molecule has 0 fully saturated rings. The summed E-state index contributed by atoms with van der Waals surface area (Å²) in [5.41, 5.74) is 2.29. The third kappa shape index (κ3) is 7.39. The van der Waals surface area contributed by atoms with Crippen LogP contribution in [0.25, 0.3) is 0 Å². The van der Waals surface area contributed by atoms with Gasteiger partial charge in [-0.05, 0) is 38.0 Å². The summed E-state index contributed by atoms with van der Waals surface area (Å²) in [5.74, 6) is 1.19. The van der Waals surface area contributed by atoms with E-state index in [-0.39, 0.29) is 5.78 Å². The zero-order chi connectivity index (χ0) is 13.3. The Morgan fingerprint density at radius 3 is 2.35 bits per heavy atom. The number of methoxy groups -OCH3 is 1. The van der Waals surface area contributed by atoms with Gasteiger partial charge in [0.25, 0.3) is 0 Å². The van der Waals surface area contributed by atoms with Gasteiger partial charge in [-0.2, -0.15) is 0 Å². The Labute approximate surface area is 104 Å². The lowest BCUT2D eigenvalue weighted by molar-refractivity contribution is -0.117. The smallest absolute Gasteiger partial charge is 0.129 e. The molecule has 0 unspecified atom stereocenters. The van der Waals surface area contributed by atoms with Crippen molar-refractivity contribution in [2.45, 2.75) is 33.6 Å². The fourth-order valence-electron chi connectivity index (χ4n) is 1.36. The van der Waals surface area contributed by atoms with Gasteiger partial charge in [-0.15, -0.1) is 0 Å². The average molecular weight is 237 g/mol. The van der Waals surface area contributed by atoms with Crippen LogP contribution in [0.15, 0.2) is 18.2 Å². The van der Waals surface area contributed by atoms with E-state index in [0.29, 0.717) is 0 Å². The van der Waals surface area contributed by atoms with Crippen LogP contribution in [-0.4, -0.2) is 19.9 Å². The number of benzene rings is 1. The molecule has 3 heteroatoms. The first-order chi connectivity index (χ1) is 8.03. The van der Waals surface area contributed by atoms with Gasteiger partial charge in [0.1, 0.15) is 11.5 Å². The molecule has 0 spiro atoms. The maximum Gasteiger partial charge on any atom is 0.129 e. The van der Waals surface area contributed by atoms with E-state index in [0.717, 1.165) is 24.3 Å². The van der Waals surface area contributed by atoms with Crippen LogP contribution >= 0.6 is 0 Å². The second-order valence-corrected chi connectivity index (χ2v) is 3.94. The first-order valence-electron chi connectivity index (χ1n) is 5.86. The van der Waals surface area contributed by atoms with Gasteiger partial charge in [0.15, 0.2) is 0 Å². The SMILES string of the molecule is CCCC(C)=O.CNc1cc(C)cc(OC)c1. The topological polar surface area (TPSA) is 38.3 Å². The van der Waals surface area contributed by atoms with E-state index in [9.17, 15) is 4.79 Å². The van der Waals surface area contributed by atoms with Crippen LogP contribution in [0.4, 0.5) is 5.69 Å². The minimum atomic E-state index is 0.289. The fourth-order valence-corrected chi connectivity index (χ4v) is 1.36. The predicted molar refractivity (Wildman–Crippen MR) is 72.9 cm³/mol. The number of anilines is 1. The monoisotopic (exact) mass is 237 g/mol. The van der Waals surface area contributed by atoms with Crippen LogP contribution in [0.2, 0.25) is 0 Å². The van der Waals surface area contributed by atoms with E-state index in [1.54, 1.807) is 14.0 Å². The highest BCUT2D eigenvalue weighted by Crippen LogP contribution is 2.19. The van der Waals surface area contributed by atoms with Gasteiger partial charge in [-0.3, -0.25) is 0 Å². The molecule has 1 rings (SSSR count). The summed E-state index contributed by atoms with van der Waals surface area (Å²) in [6, 6.07) is 6.04. The number of carbonyl (C=O) groups is 1. The highest BCUT2D eigenvalue weighted by Gasteiger charge is 1.94. The molecule has 0 aliphatic carbocycles. The predicted octanol–water partition coefficient (Wildman–Crippen LogP) is 3.42. The van der Waals surface area contributed by atoms with Crippen molar-refractivity contribution in [3.05, 3.63) is 23.8 Å². The zero-order valence-corrected chi connectivity index (χ0v) is 11.5. The Kier molecular flexibility index (Phi) is 7.85. The summed E-state index contributed by atoms with van der Waals surface area (Å²) < 4.78 is 5.10. The highest BCUT2D eigenvalue weighted by molar-refractivity contribution is 5.75. The van der Waals surface area contributed by atoms with E-state index < -0.39 is 0 Å². The molecule has 0 saturated carbocycles. The Morgan fingerprint density at radius 1 is 1.35 bits per heavy atom. The minimum absolute atomic E-state index is 0.289. The number of carbonyl (C=O) groups excluding carboxylic acids is 1. The third-order valence-electron chi connectivity index (χ3n) is 2.18. The van der Waals surface area contributed by atoms with Crippen molar-refractivity contribution in [3.8, 4) is 5.75 Å². The van der Waals surface area contributed by atoms with Crippen molar-refractivity contribution in [1.29, 1.82) is 0 Å². The van der Waals surface area contributed by atoms with E-state index in [1.165, 1.54) is 5.56 Å². The number of ketones is 1. The van der Waals surface area contributed by atoms with Crippen molar-refractivity contribution >= 4 is 11.5 Å². The summed E-state index contributed by atoms with van der Waals surface area (Å²) in [5, 5.41) is 3.06. The molecule has 1 aromatic rings. The molecule has 0 amide bonds. The molecular formula is C14H23NO2. The minimum Gasteiger partial charge on any atom is -0.497 e. The highest BCUT2D eigenvalue weighted by atomic mass is 16.5. The molecule has 0 heterocycles. The van der Waals surface area contributed by atoms with Crippen LogP contribution in [0.5, 0.6) is 5.75 Å². The lowest BCUT2D eigenvalue weighted by atomic mass is 10.2. The maximum absolute atomic E-state index is 10.0. The van der Waals surface area contributed by atoms with Gasteiger partial charge in [0.2, 0.25) is 0 Å². The molecule has 17 heavy (non-hydrogen) atoms. The van der Waals surface area contributed by atoms with Gasteiger partial charge < -0.3 is 14.8 Å². The van der Waals surface area contributed by atoms with E-state index >= 15 is 0 Å². The Bertz CT molecular complexity index is 326. The van der Waals surface area contributed by atoms with Gasteiger partial charge >= 0.3 is 0 Å². The van der Waals surface area contributed by atoms with Crippen LogP contribution in [0.1, 0.15) is 32.3 Å². The quantitative estimate of drug-likeness (QED) is 0.872. The lowest BCUT2D eigenvalue weighted by Crippen LogP contribution is -1.90. The average Bonchev–Trinajstić information content (AvgIpc) is 2.28. The molecule has 0 aromatic heterocycles. The van der Waals surface area contributed by atoms with Gasteiger partial charge in [-0.25, -0.2) is 0 Å². The van der Waals surface area contributed by atoms with Crippen molar-refractivity contribution in [2.24, 2.45) is 0 Å². The van der Waals surface area contributed by atoms with E-state index in [4.69, 9.17) is 4.74 Å². The number of nitrogens with one attached hydrogen (secondary N) is 1. The molecule has 0 saturated heterocycles. The second-order valence-electron chi connectivity index (χ2n) is 3.94. The number of aryl methyl sites for hydroxylation is 1. The van der Waals surface area contributed by atoms with Gasteiger partial charge in [0, 0.05) is 25.2 Å². The molecule has 3 nitrogen and oxygen atoms in total. The summed E-state index contributed by atoms with van der Waals surface area (Å²) in [6.07, 6.45) is 1.72. The molecule has 1 N–H and O–H groups in total. The standard InChI is InChI=1S/C9H13NO.C5H10O/c1-7-4-8(10-2)6-9(5-7)11-3;1-3-4-5(2)6/h4-6,10H,1-3H3;3-4H2,1-2H3. The van der Waals surface area contributed by atoms with Crippen LogP contribution in [0.3, 0.4) is 0 Å². The van der Waals surface area contributed by atoms with Crippen LogP contribution in [-0.2, 0) is 4.79 Å².